The summed E-state index contributed by atoms with van der Waals surface area (Å²) in [5.41, 5.74) is 2.11. The van der Waals surface area contributed by atoms with Gasteiger partial charge in [-0.1, -0.05) is 0 Å². The van der Waals surface area contributed by atoms with E-state index in [1.54, 1.807) is 11.8 Å². The standard InChI is InChI=1S/C13H15N2O2/c1-15-10-12(9-14-15)11-4-3-5-13(8-11)17-7-6-16-2/h4-5,8-10H,6-7H2,1-2H3. The number of aromatic nitrogens is 2. The molecule has 0 N–H and O–H groups in total. The van der Waals surface area contributed by atoms with Gasteiger partial charge < -0.3 is 9.47 Å². The van der Waals surface area contributed by atoms with E-state index in [1.807, 2.05) is 37.6 Å². The lowest BCUT2D eigenvalue weighted by molar-refractivity contribution is 0.146. The highest BCUT2D eigenvalue weighted by atomic mass is 16.5. The van der Waals surface area contributed by atoms with Gasteiger partial charge in [0.05, 0.1) is 12.8 Å². The second kappa shape index (κ2) is 5.50. The first kappa shape index (κ1) is 11.7. The van der Waals surface area contributed by atoms with E-state index in [2.05, 4.69) is 11.2 Å². The van der Waals surface area contributed by atoms with Gasteiger partial charge in [-0.3, -0.25) is 4.68 Å². The molecule has 0 saturated carbocycles. The smallest absolute Gasteiger partial charge is 0.120 e. The van der Waals surface area contributed by atoms with Crippen molar-refractivity contribution in [3.8, 4) is 16.9 Å². The number of hydrogen-bond donors (Lipinski definition) is 0. The molecule has 1 radical (unpaired) electrons. The number of benzene rings is 1. The summed E-state index contributed by atoms with van der Waals surface area (Å²) in [4.78, 5) is 0. The summed E-state index contributed by atoms with van der Waals surface area (Å²) in [6, 6.07) is 8.77. The van der Waals surface area contributed by atoms with E-state index < -0.39 is 0 Å². The van der Waals surface area contributed by atoms with Gasteiger partial charge in [-0.25, -0.2) is 0 Å². The van der Waals surface area contributed by atoms with E-state index in [0.717, 1.165) is 16.9 Å². The average Bonchev–Trinajstić information content (AvgIpc) is 2.77. The lowest BCUT2D eigenvalue weighted by Crippen LogP contribution is -2.04. The highest BCUT2D eigenvalue weighted by Gasteiger charge is 2.02. The number of rotatable bonds is 5. The first-order valence-corrected chi connectivity index (χ1v) is 5.41. The summed E-state index contributed by atoms with van der Waals surface area (Å²) in [5.74, 6) is 0.795. The van der Waals surface area contributed by atoms with Gasteiger partial charge in [0.15, 0.2) is 0 Å². The molecule has 0 atom stereocenters. The Morgan fingerprint density at radius 3 is 2.88 bits per heavy atom. The summed E-state index contributed by atoms with van der Waals surface area (Å²) >= 11 is 0. The fourth-order valence-corrected chi connectivity index (χ4v) is 1.51. The van der Waals surface area contributed by atoms with E-state index >= 15 is 0 Å². The highest BCUT2D eigenvalue weighted by Crippen LogP contribution is 2.22. The third-order valence-electron chi connectivity index (χ3n) is 2.36. The molecule has 0 unspecified atom stereocenters. The van der Waals surface area contributed by atoms with Crippen LogP contribution >= 0.6 is 0 Å². The third kappa shape index (κ3) is 3.07. The maximum atomic E-state index is 5.53. The maximum absolute atomic E-state index is 5.53. The molecule has 4 nitrogen and oxygen atoms in total. The molecule has 2 rings (SSSR count). The van der Waals surface area contributed by atoms with Gasteiger partial charge in [0.25, 0.3) is 0 Å². The van der Waals surface area contributed by atoms with Crippen LogP contribution in [0, 0.1) is 6.07 Å². The molecular formula is C13H15N2O2. The van der Waals surface area contributed by atoms with Crippen LogP contribution in [0.3, 0.4) is 0 Å². The van der Waals surface area contributed by atoms with Crippen LogP contribution in [-0.2, 0) is 11.8 Å². The molecule has 0 aliphatic heterocycles. The van der Waals surface area contributed by atoms with Crippen molar-refractivity contribution in [3.05, 3.63) is 36.7 Å². The molecule has 1 aromatic heterocycles. The number of hydrogen-bond acceptors (Lipinski definition) is 3. The maximum Gasteiger partial charge on any atom is 0.120 e. The first-order chi connectivity index (χ1) is 8.29. The van der Waals surface area contributed by atoms with Crippen molar-refractivity contribution >= 4 is 0 Å². The fraction of sp³-hybridized carbons (Fsp3) is 0.308. The second-order valence-corrected chi connectivity index (χ2v) is 3.70. The third-order valence-corrected chi connectivity index (χ3v) is 2.36. The molecular weight excluding hydrogens is 216 g/mol. The number of nitrogens with zero attached hydrogens (tertiary/aromatic N) is 2. The molecule has 0 amide bonds. The van der Waals surface area contributed by atoms with E-state index in [9.17, 15) is 0 Å². The van der Waals surface area contributed by atoms with Crippen LogP contribution in [0.15, 0.2) is 30.6 Å². The predicted molar refractivity (Wildman–Crippen MR) is 64.9 cm³/mol. The van der Waals surface area contributed by atoms with Crippen LogP contribution in [0.1, 0.15) is 0 Å². The van der Waals surface area contributed by atoms with Crippen LogP contribution in [0.4, 0.5) is 0 Å². The molecule has 0 aliphatic rings. The van der Waals surface area contributed by atoms with Crippen LogP contribution < -0.4 is 4.74 Å². The molecule has 1 heterocycles. The Kier molecular flexibility index (Phi) is 3.77. The minimum atomic E-state index is 0.542. The zero-order valence-corrected chi connectivity index (χ0v) is 10.0. The van der Waals surface area contributed by atoms with Gasteiger partial charge in [-0.15, -0.1) is 0 Å². The molecule has 1 aromatic carbocycles. The van der Waals surface area contributed by atoms with Crippen LogP contribution in [0.2, 0.25) is 0 Å². The van der Waals surface area contributed by atoms with Crippen LogP contribution in [-0.4, -0.2) is 30.1 Å². The average molecular weight is 231 g/mol. The van der Waals surface area contributed by atoms with E-state index in [1.165, 1.54) is 0 Å². The molecule has 0 saturated heterocycles. The van der Waals surface area contributed by atoms with E-state index in [-0.39, 0.29) is 0 Å². The van der Waals surface area contributed by atoms with Crippen molar-refractivity contribution in [2.45, 2.75) is 0 Å². The minimum absolute atomic E-state index is 0.542. The van der Waals surface area contributed by atoms with Gasteiger partial charge in [-0.05, 0) is 29.8 Å². The summed E-state index contributed by atoms with van der Waals surface area (Å²) in [7, 11) is 3.55. The zero-order valence-electron chi connectivity index (χ0n) is 10.0. The summed E-state index contributed by atoms with van der Waals surface area (Å²) in [5, 5.41) is 4.14. The van der Waals surface area contributed by atoms with Crippen molar-refractivity contribution in [2.24, 2.45) is 7.05 Å². The van der Waals surface area contributed by atoms with Crippen molar-refractivity contribution in [1.82, 2.24) is 9.78 Å². The van der Waals surface area contributed by atoms with E-state index in [0.29, 0.717) is 13.2 Å². The number of methoxy groups -OCH3 is 1. The lowest BCUT2D eigenvalue weighted by Gasteiger charge is -2.06. The fourth-order valence-electron chi connectivity index (χ4n) is 1.51. The Balaban J connectivity index is 2.11. The lowest BCUT2D eigenvalue weighted by atomic mass is 10.1. The quantitative estimate of drug-likeness (QED) is 0.737. The Bertz CT molecular complexity index is 480. The minimum Gasteiger partial charge on any atom is -0.491 e. The molecule has 0 spiro atoms. The summed E-state index contributed by atoms with van der Waals surface area (Å²) < 4.78 is 12.2. The SMILES string of the molecule is COCCOc1c[c]cc(-c2cnn(C)c2)c1. The van der Waals surface area contributed by atoms with Crippen molar-refractivity contribution < 1.29 is 9.47 Å². The predicted octanol–water partition coefficient (Wildman–Crippen LogP) is 1.91. The second-order valence-electron chi connectivity index (χ2n) is 3.70. The van der Waals surface area contributed by atoms with Gasteiger partial charge in [-0.2, -0.15) is 5.10 Å². The summed E-state index contributed by atoms with van der Waals surface area (Å²) in [6.45, 7) is 1.12. The molecule has 0 bridgehead atoms. The van der Waals surface area contributed by atoms with Crippen molar-refractivity contribution in [3.63, 3.8) is 0 Å². The Labute approximate surface area is 101 Å². The molecule has 2 aromatic rings. The molecule has 17 heavy (non-hydrogen) atoms. The van der Waals surface area contributed by atoms with Gasteiger partial charge >= 0.3 is 0 Å². The monoisotopic (exact) mass is 231 g/mol. The van der Waals surface area contributed by atoms with Crippen molar-refractivity contribution in [2.75, 3.05) is 20.3 Å². The molecule has 4 heteroatoms. The molecule has 0 aliphatic carbocycles. The number of ether oxygens (including phenoxy) is 2. The van der Waals surface area contributed by atoms with Gasteiger partial charge in [0, 0.05) is 25.9 Å². The topological polar surface area (TPSA) is 36.3 Å². The first-order valence-electron chi connectivity index (χ1n) is 5.41. The molecule has 89 valence electrons. The Hall–Kier alpha value is -1.81. The normalized spacial score (nSPS) is 10.5. The molecule has 0 fully saturated rings. The van der Waals surface area contributed by atoms with Crippen molar-refractivity contribution in [1.29, 1.82) is 0 Å². The van der Waals surface area contributed by atoms with Gasteiger partial charge in [0.1, 0.15) is 12.4 Å². The largest absolute Gasteiger partial charge is 0.491 e. The summed E-state index contributed by atoms with van der Waals surface area (Å²) in [6.07, 6.45) is 3.78. The van der Waals surface area contributed by atoms with Gasteiger partial charge in [0.2, 0.25) is 0 Å². The van der Waals surface area contributed by atoms with Crippen LogP contribution in [0.25, 0.3) is 11.1 Å². The number of aryl methyl sites for hydroxylation is 1. The van der Waals surface area contributed by atoms with Crippen LogP contribution in [0.5, 0.6) is 5.75 Å². The van der Waals surface area contributed by atoms with E-state index in [4.69, 9.17) is 9.47 Å². The Morgan fingerprint density at radius 2 is 2.18 bits per heavy atom. The highest BCUT2D eigenvalue weighted by molar-refractivity contribution is 5.63. The zero-order chi connectivity index (χ0) is 12.1. The Morgan fingerprint density at radius 1 is 1.29 bits per heavy atom.